The molecule has 2 amide bonds. The Labute approximate surface area is 164 Å². The van der Waals surface area contributed by atoms with E-state index in [0.29, 0.717) is 43.2 Å². The summed E-state index contributed by atoms with van der Waals surface area (Å²) in [5.41, 5.74) is 1.58. The lowest BCUT2D eigenvalue weighted by molar-refractivity contribution is -0.130. The molecule has 1 aliphatic heterocycles. The van der Waals surface area contributed by atoms with Gasteiger partial charge in [0.1, 0.15) is 5.75 Å². The maximum absolute atomic E-state index is 12.7. The number of hydrogen-bond donors (Lipinski definition) is 0. The maximum Gasteiger partial charge on any atom is 0.253 e. The molecule has 3 rings (SSSR count). The van der Waals surface area contributed by atoms with Crippen LogP contribution >= 0.6 is 11.6 Å². The summed E-state index contributed by atoms with van der Waals surface area (Å²) in [6, 6.07) is 14.4. The van der Waals surface area contributed by atoms with Gasteiger partial charge in [0.2, 0.25) is 5.91 Å². The molecule has 0 radical (unpaired) electrons. The Bertz CT molecular complexity index is 790. The molecule has 0 atom stereocenters. The normalized spacial score (nSPS) is 14.6. The molecule has 0 N–H and O–H groups in total. The molecular weight excluding hydrogens is 364 g/mol. The molecule has 0 saturated carbocycles. The van der Waals surface area contributed by atoms with Crippen molar-refractivity contribution in [2.24, 2.45) is 0 Å². The minimum Gasteiger partial charge on any atom is -0.497 e. The fourth-order valence-electron chi connectivity index (χ4n) is 3.17. The van der Waals surface area contributed by atoms with E-state index < -0.39 is 0 Å². The van der Waals surface area contributed by atoms with Crippen LogP contribution < -0.4 is 4.74 Å². The minimum atomic E-state index is -0.0175. The SMILES string of the molecule is COc1ccc(CC(=O)N2CCCN(C(=O)c3ccc(Cl)cc3)CC2)cc1. The Balaban J connectivity index is 1.57. The van der Waals surface area contributed by atoms with E-state index in [-0.39, 0.29) is 11.8 Å². The minimum absolute atomic E-state index is 0.0175. The van der Waals surface area contributed by atoms with E-state index in [0.717, 1.165) is 17.7 Å². The molecule has 1 aliphatic rings. The molecular formula is C21H23ClN2O3. The Morgan fingerprint density at radius 3 is 2.22 bits per heavy atom. The van der Waals surface area contributed by atoms with Crippen LogP contribution in [0.3, 0.4) is 0 Å². The molecule has 0 aliphatic carbocycles. The van der Waals surface area contributed by atoms with Crippen molar-refractivity contribution in [1.82, 2.24) is 9.80 Å². The van der Waals surface area contributed by atoms with E-state index in [9.17, 15) is 9.59 Å². The fourth-order valence-corrected chi connectivity index (χ4v) is 3.30. The number of nitrogens with zero attached hydrogens (tertiary/aromatic N) is 2. The molecule has 1 saturated heterocycles. The van der Waals surface area contributed by atoms with Gasteiger partial charge >= 0.3 is 0 Å². The Kier molecular flexibility index (Phi) is 6.35. The summed E-state index contributed by atoms with van der Waals surface area (Å²) < 4.78 is 5.14. The highest BCUT2D eigenvalue weighted by Gasteiger charge is 2.22. The Morgan fingerprint density at radius 1 is 0.926 bits per heavy atom. The van der Waals surface area contributed by atoms with Gasteiger partial charge in [-0.15, -0.1) is 0 Å². The second-order valence-electron chi connectivity index (χ2n) is 6.56. The number of hydrogen-bond acceptors (Lipinski definition) is 3. The summed E-state index contributed by atoms with van der Waals surface area (Å²) in [5, 5.41) is 0.609. The molecule has 6 heteroatoms. The number of carbonyl (C=O) groups is 2. The van der Waals surface area contributed by atoms with E-state index in [2.05, 4.69) is 0 Å². The number of halogens is 1. The fraction of sp³-hybridized carbons (Fsp3) is 0.333. The predicted molar refractivity (Wildman–Crippen MR) is 105 cm³/mol. The van der Waals surface area contributed by atoms with Gasteiger partial charge in [-0.25, -0.2) is 0 Å². The first-order valence-electron chi connectivity index (χ1n) is 9.02. The van der Waals surface area contributed by atoms with Gasteiger partial charge in [0.25, 0.3) is 5.91 Å². The topological polar surface area (TPSA) is 49.9 Å². The largest absolute Gasteiger partial charge is 0.497 e. The quantitative estimate of drug-likeness (QED) is 0.810. The molecule has 1 fully saturated rings. The van der Waals surface area contributed by atoms with Crippen molar-refractivity contribution in [2.75, 3.05) is 33.3 Å². The standard InChI is InChI=1S/C21H23ClN2O3/c1-27-19-9-3-16(4-10-19)15-20(25)23-11-2-12-24(14-13-23)21(26)17-5-7-18(22)8-6-17/h3-10H,2,11-15H2,1H3. The van der Waals surface area contributed by atoms with Gasteiger partial charge in [-0.1, -0.05) is 23.7 Å². The van der Waals surface area contributed by atoms with Crippen LogP contribution in [0.15, 0.2) is 48.5 Å². The molecule has 27 heavy (non-hydrogen) atoms. The third kappa shape index (κ3) is 5.01. The summed E-state index contributed by atoms with van der Waals surface area (Å²) >= 11 is 5.89. The van der Waals surface area contributed by atoms with Crippen LogP contribution in [0.25, 0.3) is 0 Å². The summed E-state index contributed by atoms with van der Waals surface area (Å²) in [7, 11) is 1.62. The van der Waals surface area contributed by atoms with Crippen molar-refractivity contribution in [3.63, 3.8) is 0 Å². The zero-order chi connectivity index (χ0) is 19.2. The number of rotatable bonds is 4. The second-order valence-corrected chi connectivity index (χ2v) is 6.99. The highest BCUT2D eigenvalue weighted by molar-refractivity contribution is 6.30. The van der Waals surface area contributed by atoms with Crippen LogP contribution in [0.4, 0.5) is 0 Å². The van der Waals surface area contributed by atoms with E-state index in [4.69, 9.17) is 16.3 Å². The van der Waals surface area contributed by atoms with Gasteiger partial charge in [-0.2, -0.15) is 0 Å². The lowest BCUT2D eigenvalue weighted by Gasteiger charge is -2.22. The molecule has 2 aromatic rings. The predicted octanol–water partition coefficient (Wildman–Crippen LogP) is 3.27. The number of ether oxygens (including phenoxy) is 1. The average molecular weight is 387 g/mol. The van der Waals surface area contributed by atoms with Crippen molar-refractivity contribution < 1.29 is 14.3 Å². The number of carbonyl (C=O) groups excluding carboxylic acids is 2. The molecule has 0 bridgehead atoms. The zero-order valence-electron chi connectivity index (χ0n) is 15.4. The van der Waals surface area contributed by atoms with Crippen molar-refractivity contribution in [2.45, 2.75) is 12.8 Å². The first-order valence-corrected chi connectivity index (χ1v) is 9.40. The third-order valence-electron chi connectivity index (χ3n) is 4.74. The van der Waals surface area contributed by atoms with Gasteiger partial charge in [-0.3, -0.25) is 9.59 Å². The van der Waals surface area contributed by atoms with Crippen LogP contribution in [0.2, 0.25) is 5.02 Å². The number of methoxy groups -OCH3 is 1. The summed E-state index contributed by atoms with van der Waals surface area (Å²) in [6.07, 6.45) is 1.13. The van der Waals surface area contributed by atoms with Crippen LogP contribution in [0.1, 0.15) is 22.3 Å². The van der Waals surface area contributed by atoms with E-state index >= 15 is 0 Å². The maximum atomic E-state index is 12.7. The van der Waals surface area contributed by atoms with Gasteiger partial charge in [0.15, 0.2) is 0 Å². The summed E-state index contributed by atoms with van der Waals surface area (Å²) in [4.78, 5) is 29.0. The monoisotopic (exact) mass is 386 g/mol. The smallest absolute Gasteiger partial charge is 0.253 e. The molecule has 0 spiro atoms. The van der Waals surface area contributed by atoms with Crippen molar-refractivity contribution in [3.8, 4) is 5.75 Å². The summed E-state index contributed by atoms with van der Waals surface area (Å²) in [5.74, 6) is 0.842. The van der Waals surface area contributed by atoms with Crippen LogP contribution in [0.5, 0.6) is 5.75 Å². The second kappa shape index (κ2) is 8.91. The number of benzene rings is 2. The molecule has 0 aromatic heterocycles. The zero-order valence-corrected chi connectivity index (χ0v) is 16.1. The highest BCUT2D eigenvalue weighted by Crippen LogP contribution is 2.15. The van der Waals surface area contributed by atoms with E-state index in [1.807, 2.05) is 34.1 Å². The van der Waals surface area contributed by atoms with Gasteiger partial charge in [0.05, 0.1) is 13.5 Å². The van der Waals surface area contributed by atoms with Crippen molar-refractivity contribution >= 4 is 23.4 Å². The Morgan fingerprint density at radius 2 is 1.56 bits per heavy atom. The lowest BCUT2D eigenvalue weighted by Crippen LogP contribution is -2.38. The van der Waals surface area contributed by atoms with Gasteiger partial charge < -0.3 is 14.5 Å². The van der Waals surface area contributed by atoms with Gasteiger partial charge in [0, 0.05) is 36.8 Å². The summed E-state index contributed by atoms with van der Waals surface area (Å²) in [6.45, 7) is 2.40. The average Bonchev–Trinajstić information content (AvgIpc) is 2.95. The van der Waals surface area contributed by atoms with E-state index in [1.165, 1.54) is 0 Å². The van der Waals surface area contributed by atoms with Crippen LogP contribution in [-0.4, -0.2) is 54.9 Å². The lowest BCUT2D eigenvalue weighted by atomic mass is 10.1. The molecule has 142 valence electrons. The van der Waals surface area contributed by atoms with Crippen LogP contribution in [0, 0.1) is 0 Å². The molecule has 5 nitrogen and oxygen atoms in total. The van der Waals surface area contributed by atoms with E-state index in [1.54, 1.807) is 31.4 Å². The first-order chi connectivity index (χ1) is 13.1. The van der Waals surface area contributed by atoms with Gasteiger partial charge in [-0.05, 0) is 48.4 Å². The highest BCUT2D eigenvalue weighted by atomic mass is 35.5. The Hall–Kier alpha value is -2.53. The third-order valence-corrected chi connectivity index (χ3v) is 4.99. The molecule has 0 unspecified atom stereocenters. The number of amides is 2. The van der Waals surface area contributed by atoms with Crippen molar-refractivity contribution in [1.29, 1.82) is 0 Å². The molecule has 1 heterocycles. The molecule has 2 aromatic carbocycles. The van der Waals surface area contributed by atoms with Crippen LogP contribution in [-0.2, 0) is 11.2 Å². The first kappa shape index (κ1) is 19.2. The van der Waals surface area contributed by atoms with Crippen molar-refractivity contribution in [3.05, 3.63) is 64.7 Å².